The van der Waals surface area contributed by atoms with Gasteiger partial charge >= 0.3 is 5.97 Å². The number of amides is 6. The van der Waals surface area contributed by atoms with E-state index in [4.69, 9.17) is 9.84 Å². The van der Waals surface area contributed by atoms with Gasteiger partial charge in [-0.3, -0.25) is 48.3 Å². The minimum atomic E-state index is -1.05. The molecule has 3 rings (SSSR count). The molecule has 12 nitrogen and oxygen atoms in total. The molecule has 192 valence electrons. The van der Waals surface area contributed by atoms with Gasteiger partial charge in [-0.2, -0.15) is 0 Å². The van der Waals surface area contributed by atoms with Crippen LogP contribution in [0.25, 0.3) is 0 Å². The zero-order valence-corrected chi connectivity index (χ0v) is 19.6. The van der Waals surface area contributed by atoms with Crippen molar-refractivity contribution in [2.45, 2.75) is 32.1 Å². The van der Waals surface area contributed by atoms with Gasteiger partial charge in [-0.15, -0.1) is 0 Å². The zero-order valence-electron chi connectivity index (χ0n) is 19.6. The van der Waals surface area contributed by atoms with Crippen LogP contribution >= 0.6 is 0 Å². The summed E-state index contributed by atoms with van der Waals surface area (Å²) in [6.45, 7) is 0.0450. The van der Waals surface area contributed by atoms with Crippen LogP contribution in [0.5, 0.6) is 0 Å². The molecule has 0 atom stereocenters. The standard InChI is InChI=1S/C24H27N3O9/c28-17-3-4-18(29)25(17)12-1-10-24(16-36-14-9-23(34)35,15-27-21(32)7-8-22(27)33)11-2-13-26-19(30)5-6-20(26)31/h3-8H,1-2,9-16H2,(H,34,35). The van der Waals surface area contributed by atoms with Gasteiger partial charge in [0.1, 0.15) is 0 Å². The number of carboxylic acid groups (broad SMARTS) is 1. The van der Waals surface area contributed by atoms with Crippen molar-refractivity contribution in [1.82, 2.24) is 14.7 Å². The van der Waals surface area contributed by atoms with Crippen LogP contribution in [0.3, 0.4) is 0 Å². The highest BCUT2D eigenvalue weighted by atomic mass is 16.5. The molecule has 6 amide bonds. The van der Waals surface area contributed by atoms with E-state index in [9.17, 15) is 33.6 Å². The molecule has 0 aromatic rings. The average molecular weight is 501 g/mol. The van der Waals surface area contributed by atoms with Gasteiger partial charge in [0.25, 0.3) is 35.4 Å². The van der Waals surface area contributed by atoms with E-state index in [1.807, 2.05) is 0 Å². The minimum Gasteiger partial charge on any atom is -0.481 e. The summed E-state index contributed by atoms with van der Waals surface area (Å²) in [6, 6.07) is 0. The molecule has 3 aliphatic rings. The molecule has 0 saturated carbocycles. The summed E-state index contributed by atoms with van der Waals surface area (Å²) in [5.74, 6) is -3.79. The molecule has 0 unspecified atom stereocenters. The van der Waals surface area contributed by atoms with Gasteiger partial charge < -0.3 is 9.84 Å². The van der Waals surface area contributed by atoms with Crippen LogP contribution in [0.15, 0.2) is 36.5 Å². The summed E-state index contributed by atoms with van der Waals surface area (Å²) in [5.41, 5.74) is -0.881. The van der Waals surface area contributed by atoms with Crippen molar-refractivity contribution >= 4 is 41.4 Å². The smallest absolute Gasteiger partial charge is 0.305 e. The minimum absolute atomic E-state index is 0.0162. The number of aliphatic carboxylic acids is 1. The molecule has 0 saturated heterocycles. The molecule has 12 heteroatoms. The molecule has 0 aromatic heterocycles. The van der Waals surface area contributed by atoms with Crippen molar-refractivity contribution in [3.05, 3.63) is 36.5 Å². The predicted octanol–water partition coefficient (Wildman–Crippen LogP) is -0.200. The maximum absolute atomic E-state index is 12.3. The lowest BCUT2D eigenvalue weighted by molar-refractivity contribution is -0.140. The van der Waals surface area contributed by atoms with E-state index in [1.54, 1.807) is 0 Å². The van der Waals surface area contributed by atoms with Crippen molar-refractivity contribution in [1.29, 1.82) is 0 Å². The van der Waals surface area contributed by atoms with Crippen molar-refractivity contribution in [3.8, 4) is 0 Å². The quantitative estimate of drug-likeness (QED) is 0.237. The van der Waals surface area contributed by atoms with Crippen molar-refractivity contribution < 1.29 is 43.4 Å². The maximum Gasteiger partial charge on any atom is 0.305 e. The average Bonchev–Trinajstić information content (AvgIpc) is 3.44. The number of carbonyl (C=O) groups is 7. The number of imide groups is 3. The Balaban J connectivity index is 1.74. The second-order valence-corrected chi connectivity index (χ2v) is 8.82. The Labute approximate surface area is 206 Å². The molecular formula is C24H27N3O9. The topological polar surface area (TPSA) is 159 Å². The Morgan fingerprint density at radius 1 is 0.694 bits per heavy atom. The summed E-state index contributed by atoms with van der Waals surface area (Å²) < 4.78 is 5.65. The van der Waals surface area contributed by atoms with Crippen LogP contribution < -0.4 is 0 Å². The first-order valence-electron chi connectivity index (χ1n) is 11.5. The number of carboxylic acids is 1. The summed E-state index contributed by atoms with van der Waals surface area (Å²) in [5, 5.41) is 8.93. The van der Waals surface area contributed by atoms with Crippen LogP contribution in [0.4, 0.5) is 0 Å². The van der Waals surface area contributed by atoms with Crippen molar-refractivity contribution in [2.24, 2.45) is 5.41 Å². The molecule has 0 aliphatic carbocycles. The maximum atomic E-state index is 12.3. The third-order valence-corrected chi connectivity index (χ3v) is 6.24. The Morgan fingerprint density at radius 2 is 1.08 bits per heavy atom. The fourth-order valence-electron chi connectivity index (χ4n) is 4.37. The van der Waals surface area contributed by atoms with Gasteiger partial charge in [-0.25, -0.2) is 0 Å². The van der Waals surface area contributed by atoms with E-state index in [2.05, 4.69) is 0 Å². The highest BCUT2D eigenvalue weighted by Gasteiger charge is 2.38. The summed E-state index contributed by atoms with van der Waals surface area (Å²) in [4.78, 5) is 86.4. The van der Waals surface area contributed by atoms with E-state index in [-0.39, 0.29) is 39.3 Å². The van der Waals surface area contributed by atoms with E-state index in [0.717, 1.165) is 26.9 Å². The highest BCUT2D eigenvalue weighted by molar-refractivity contribution is 6.14. The normalized spacial score (nSPS) is 17.6. The molecular weight excluding hydrogens is 474 g/mol. The lowest BCUT2D eigenvalue weighted by Crippen LogP contribution is -2.45. The number of hydrogen-bond acceptors (Lipinski definition) is 8. The third kappa shape index (κ3) is 6.60. The van der Waals surface area contributed by atoms with E-state index >= 15 is 0 Å². The van der Waals surface area contributed by atoms with Gasteiger partial charge in [0.15, 0.2) is 0 Å². The highest BCUT2D eigenvalue weighted by Crippen LogP contribution is 2.34. The van der Waals surface area contributed by atoms with E-state index in [1.165, 1.54) is 24.3 Å². The van der Waals surface area contributed by atoms with Crippen LogP contribution in [-0.2, 0) is 38.3 Å². The van der Waals surface area contributed by atoms with Crippen LogP contribution in [-0.4, -0.2) is 94.1 Å². The fraction of sp³-hybridized carbons (Fsp3) is 0.458. The third-order valence-electron chi connectivity index (χ3n) is 6.24. The molecule has 1 N–H and O–H groups in total. The van der Waals surface area contributed by atoms with Crippen LogP contribution in [0.2, 0.25) is 0 Å². The summed E-state index contributed by atoms with van der Waals surface area (Å²) >= 11 is 0. The first-order valence-corrected chi connectivity index (χ1v) is 11.5. The summed E-state index contributed by atoms with van der Waals surface area (Å²) in [6.07, 6.45) is 8.05. The number of rotatable bonds is 15. The molecule has 0 bridgehead atoms. The molecule has 0 radical (unpaired) electrons. The van der Waals surface area contributed by atoms with Gasteiger partial charge in [-0.05, 0) is 25.7 Å². The lowest BCUT2D eigenvalue weighted by Gasteiger charge is -2.37. The zero-order chi connectivity index (χ0) is 26.3. The van der Waals surface area contributed by atoms with Crippen molar-refractivity contribution in [3.63, 3.8) is 0 Å². The summed E-state index contributed by atoms with van der Waals surface area (Å²) in [7, 11) is 0. The van der Waals surface area contributed by atoms with Gasteiger partial charge in [0.05, 0.1) is 19.6 Å². The predicted molar refractivity (Wildman–Crippen MR) is 122 cm³/mol. The van der Waals surface area contributed by atoms with Gasteiger partial charge in [0, 0.05) is 61.5 Å². The SMILES string of the molecule is O=C(O)CCOCC(CCCN1C(=O)C=CC1=O)(CCCN1C(=O)C=CC1=O)CN1C(=O)C=CC1=O. The first kappa shape index (κ1) is 26.7. The molecule has 0 spiro atoms. The Kier molecular flexibility index (Phi) is 8.64. The largest absolute Gasteiger partial charge is 0.481 e. The fourth-order valence-corrected chi connectivity index (χ4v) is 4.37. The number of nitrogens with zero attached hydrogens (tertiary/aromatic N) is 3. The Morgan fingerprint density at radius 3 is 1.47 bits per heavy atom. The van der Waals surface area contributed by atoms with Crippen molar-refractivity contribution in [2.75, 3.05) is 32.8 Å². The molecule has 36 heavy (non-hydrogen) atoms. The first-order chi connectivity index (χ1) is 17.1. The molecule has 0 fully saturated rings. The second-order valence-electron chi connectivity index (χ2n) is 8.82. The van der Waals surface area contributed by atoms with E-state index < -0.39 is 46.8 Å². The van der Waals surface area contributed by atoms with Crippen LogP contribution in [0, 0.1) is 5.41 Å². The van der Waals surface area contributed by atoms with Gasteiger partial charge in [0.2, 0.25) is 0 Å². The van der Waals surface area contributed by atoms with E-state index in [0.29, 0.717) is 25.7 Å². The monoisotopic (exact) mass is 501 g/mol. The van der Waals surface area contributed by atoms with Gasteiger partial charge in [-0.1, -0.05) is 0 Å². The molecule has 3 heterocycles. The second kappa shape index (κ2) is 11.7. The Hall–Kier alpha value is -3.93. The van der Waals surface area contributed by atoms with Crippen LogP contribution in [0.1, 0.15) is 32.1 Å². The molecule has 0 aromatic carbocycles. The lowest BCUT2D eigenvalue weighted by atomic mass is 9.78. The number of ether oxygens (including phenoxy) is 1. The Bertz CT molecular complexity index is 957. The molecule has 3 aliphatic heterocycles. The number of carbonyl (C=O) groups excluding carboxylic acids is 6. The number of hydrogen-bond donors (Lipinski definition) is 1.